The first-order valence-electron chi connectivity index (χ1n) is 7.22. The Bertz CT molecular complexity index is 485. The first-order chi connectivity index (χ1) is 8.98. The maximum atomic E-state index is 12.0. The van der Waals surface area contributed by atoms with Gasteiger partial charge < -0.3 is 4.74 Å². The van der Waals surface area contributed by atoms with Crippen LogP contribution in [-0.2, 0) is 19.3 Å². The van der Waals surface area contributed by atoms with Crippen LogP contribution in [-0.4, -0.2) is 23.8 Å². The zero-order valence-corrected chi connectivity index (χ0v) is 11.6. The molecule has 0 radical (unpaired) electrons. The summed E-state index contributed by atoms with van der Waals surface area (Å²) in [4.78, 5) is 23.3. The van der Waals surface area contributed by atoms with E-state index in [0.29, 0.717) is 0 Å². The average molecular weight is 264 g/mol. The first kappa shape index (κ1) is 11.9. The van der Waals surface area contributed by atoms with Crippen LogP contribution >= 0.6 is 0 Å². The molecule has 5 aliphatic rings. The third-order valence-electron chi connectivity index (χ3n) is 5.95. The van der Waals surface area contributed by atoms with E-state index in [4.69, 9.17) is 14.5 Å². The Kier molecular flexibility index (Phi) is 2.14. The largest absolute Gasteiger partial charge is 0.458 e. The van der Waals surface area contributed by atoms with Crippen molar-refractivity contribution in [3.8, 4) is 0 Å². The third-order valence-corrected chi connectivity index (χ3v) is 5.95. The van der Waals surface area contributed by atoms with Crippen molar-refractivity contribution in [1.82, 2.24) is 0 Å². The van der Waals surface area contributed by atoms with Crippen molar-refractivity contribution in [2.24, 2.45) is 17.3 Å². The number of rotatable bonds is 0. The summed E-state index contributed by atoms with van der Waals surface area (Å²) in [6.07, 6.45) is 5.08. The molecule has 4 heteroatoms. The molecule has 3 heterocycles. The zero-order valence-electron chi connectivity index (χ0n) is 11.6. The summed E-state index contributed by atoms with van der Waals surface area (Å²) >= 11 is 0. The Morgan fingerprint density at radius 2 is 2.21 bits per heavy atom. The molecule has 0 aromatic heterocycles. The van der Waals surface area contributed by atoms with Gasteiger partial charge in [-0.05, 0) is 31.8 Å². The van der Waals surface area contributed by atoms with Crippen LogP contribution in [0.5, 0.6) is 0 Å². The summed E-state index contributed by atoms with van der Waals surface area (Å²) < 4.78 is 5.72. The second-order valence-corrected chi connectivity index (χ2v) is 6.92. The van der Waals surface area contributed by atoms with Gasteiger partial charge in [-0.2, -0.15) is 0 Å². The normalized spacial score (nSPS) is 55.3. The van der Waals surface area contributed by atoms with Gasteiger partial charge in [-0.25, -0.2) is 9.78 Å². The Morgan fingerprint density at radius 3 is 2.95 bits per heavy atom. The van der Waals surface area contributed by atoms with Gasteiger partial charge in [-0.3, -0.25) is 4.79 Å². The molecule has 1 spiro atoms. The lowest BCUT2D eigenvalue weighted by atomic mass is 9.52. The molecule has 5 rings (SSSR count). The van der Waals surface area contributed by atoms with Gasteiger partial charge in [0.1, 0.15) is 12.2 Å². The summed E-state index contributed by atoms with van der Waals surface area (Å²) in [6, 6.07) is 0. The van der Waals surface area contributed by atoms with Gasteiger partial charge in [-0.15, -0.1) is 0 Å². The smallest absolute Gasteiger partial charge is 0.309 e. The number of carbonyl (C=O) groups is 1. The standard InChI is InChI=1S/C15H20O4/c1-8-6-10-7-14(3)5-4-11-9(2)13(16)17-12(11)15(8,14)19-18-10/h6,9-12H,4-5,7H2,1-3H3/t9-,10+,11-,12-,14-,15-/m0/s1. The van der Waals surface area contributed by atoms with Crippen molar-refractivity contribution in [2.45, 2.75) is 57.8 Å². The zero-order chi connectivity index (χ0) is 13.4. The lowest BCUT2D eigenvalue weighted by molar-refractivity contribution is -0.451. The fourth-order valence-electron chi connectivity index (χ4n) is 4.83. The van der Waals surface area contributed by atoms with Crippen molar-refractivity contribution < 1.29 is 19.3 Å². The van der Waals surface area contributed by atoms with E-state index < -0.39 is 5.60 Å². The van der Waals surface area contributed by atoms with Gasteiger partial charge in [0.05, 0.1) is 5.92 Å². The van der Waals surface area contributed by atoms with Gasteiger partial charge in [0, 0.05) is 11.3 Å². The molecule has 2 aliphatic carbocycles. The lowest BCUT2D eigenvalue weighted by Crippen LogP contribution is -2.68. The molecule has 0 aromatic rings. The highest BCUT2D eigenvalue weighted by atomic mass is 17.2. The van der Waals surface area contributed by atoms with Crippen molar-refractivity contribution in [1.29, 1.82) is 0 Å². The van der Waals surface area contributed by atoms with Crippen LogP contribution in [0.15, 0.2) is 11.6 Å². The van der Waals surface area contributed by atoms with Crippen LogP contribution in [0.25, 0.3) is 0 Å². The summed E-state index contributed by atoms with van der Waals surface area (Å²) in [5.74, 6) is 0.139. The number of ether oxygens (including phenoxy) is 1. The summed E-state index contributed by atoms with van der Waals surface area (Å²) in [5, 5.41) is 0. The van der Waals surface area contributed by atoms with E-state index in [-0.39, 0.29) is 35.4 Å². The van der Waals surface area contributed by atoms with E-state index in [2.05, 4.69) is 19.9 Å². The molecule has 6 atom stereocenters. The van der Waals surface area contributed by atoms with E-state index >= 15 is 0 Å². The molecule has 4 nitrogen and oxygen atoms in total. The summed E-state index contributed by atoms with van der Waals surface area (Å²) in [5.41, 5.74) is 0.625. The Labute approximate surface area is 113 Å². The van der Waals surface area contributed by atoms with E-state index in [0.717, 1.165) is 19.3 Å². The highest BCUT2D eigenvalue weighted by Gasteiger charge is 2.70. The van der Waals surface area contributed by atoms with Gasteiger partial charge in [-0.1, -0.05) is 19.9 Å². The van der Waals surface area contributed by atoms with E-state index in [9.17, 15) is 4.79 Å². The number of carbonyl (C=O) groups excluding carboxylic acids is 1. The quantitative estimate of drug-likeness (QED) is 0.383. The van der Waals surface area contributed by atoms with Crippen LogP contribution in [0, 0.1) is 17.3 Å². The molecule has 0 unspecified atom stereocenters. The lowest BCUT2D eigenvalue weighted by Gasteiger charge is -2.60. The predicted molar refractivity (Wildman–Crippen MR) is 66.9 cm³/mol. The van der Waals surface area contributed by atoms with Crippen LogP contribution < -0.4 is 0 Å². The second-order valence-electron chi connectivity index (χ2n) is 6.92. The monoisotopic (exact) mass is 264 g/mol. The molecule has 0 N–H and O–H groups in total. The minimum absolute atomic E-state index is 0.0141. The average Bonchev–Trinajstić information content (AvgIpc) is 2.65. The molecular formula is C15H20O4. The minimum Gasteiger partial charge on any atom is -0.458 e. The third kappa shape index (κ3) is 1.20. The van der Waals surface area contributed by atoms with Crippen molar-refractivity contribution >= 4 is 5.97 Å². The summed E-state index contributed by atoms with van der Waals surface area (Å²) in [7, 11) is 0. The number of hydrogen-bond acceptors (Lipinski definition) is 4. The Hall–Kier alpha value is -0.870. The number of esters is 1. The molecule has 3 fully saturated rings. The van der Waals surface area contributed by atoms with Crippen molar-refractivity contribution in [3.05, 3.63) is 11.6 Å². The molecule has 3 aliphatic heterocycles. The second kappa shape index (κ2) is 3.41. The van der Waals surface area contributed by atoms with Crippen molar-refractivity contribution in [3.63, 3.8) is 0 Å². The van der Waals surface area contributed by atoms with Gasteiger partial charge >= 0.3 is 5.97 Å². The maximum Gasteiger partial charge on any atom is 0.309 e. The predicted octanol–water partition coefficient (Wildman–Crippen LogP) is 2.38. The molecule has 2 saturated heterocycles. The number of hydrogen-bond donors (Lipinski definition) is 0. The first-order valence-corrected chi connectivity index (χ1v) is 7.22. The molecule has 2 bridgehead atoms. The molecule has 104 valence electrons. The summed E-state index contributed by atoms with van der Waals surface area (Å²) in [6.45, 7) is 6.32. The topological polar surface area (TPSA) is 44.8 Å². The van der Waals surface area contributed by atoms with Crippen LogP contribution in [0.1, 0.15) is 40.0 Å². The molecule has 1 saturated carbocycles. The molecule has 0 amide bonds. The molecule has 19 heavy (non-hydrogen) atoms. The van der Waals surface area contributed by atoms with E-state index in [1.807, 2.05) is 6.92 Å². The molecule has 0 aromatic carbocycles. The fraction of sp³-hybridized carbons (Fsp3) is 0.800. The fourth-order valence-corrected chi connectivity index (χ4v) is 4.83. The van der Waals surface area contributed by atoms with Gasteiger partial charge in [0.2, 0.25) is 0 Å². The molecular weight excluding hydrogens is 244 g/mol. The number of fused-ring (bicyclic) bond motifs is 2. The SMILES string of the molecule is CC1=C[C@@H]2C[C@]3(C)CC[C@H]4[C@H](C)C(=O)O[C@@H]4[C@@]13OO2. The van der Waals surface area contributed by atoms with Gasteiger partial charge in [0.25, 0.3) is 0 Å². The van der Waals surface area contributed by atoms with Crippen molar-refractivity contribution in [2.75, 3.05) is 0 Å². The highest BCUT2D eigenvalue weighted by molar-refractivity contribution is 5.75. The van der Waals surface area contributed by atoms with Crippen LogP contribution in [0.3, 0.4) is 0 Å². The van der Waals surface area contributed by atoms with Crippen LogP contribution in [0.2, 0.25) is 0 Å². The van der Waals surface area contributed by atoms with E-state index in [1.165, 1.54) is 5.57 Å². The van der Waals surface area contributed by atoms with Crippen LogP contribution in [0.4, 0.5) is 0 Å². The van der Waals surface area contributed by atoms with E-state index in [1.54, 1.807) is 0 Å². The van der Waals surface area contributed by atoms with Gasteiger partial charge in [0.15, 0.2) is 5.60 Å². The Morgan fingerprint density at radius 1 is 1.42 bits per heavy atom. The highest BCUT2D eigenvalue weighted by Crippen LogP contribution is 2.63. The minimum atomic E-state index is -0.564. The maximum absolute atomic E-state index is 12.0. The Balaban J connectivity index is 1.87.